The van der Waals surface area contributed by atoms with E-state index in [1.54, 1.807) is 0 Å². The van der Waals surface area contributed by atoms with Crippen molar-refractivity contribution in [1.29, 1.82) is 0 Å². The lowest BCUT2D eigenvalue weighted by Gasteiger charge is -2.32. The van der Waals surface area contributed by atoms with E-state index >= 15 is 0 Å². The highest BCUT2D eigenvalue weighted by atomic mass is 16.5. The molecular formula is C13H25NO2. The Labute approximate surface area is 99.1 Å². The van der Waals surface area contributed by atoms with E-state index in [1.807, 2.05) is 6.92 Å². The van der Waals surface area contributed by atoms with E-state index in [0.717, 1.165) is 25.6 Å². The van der Waals surface area contributed by atoms with E-state index in [4.69, 9.17) is 4.74 Å². The Balaban J connectivity index is 2.24. The van der Waals surface area contributed by atoms with Crippen molar-refractivity contribution in [2.24, 2.45) is 11.8 Å². The lowest BCUT2D eigenvalue weighted by molar-refractivity contribution is -0.145. The first kappa shape index (κ1) is 13.5. The number of ether oxygens (including phenoxy) is 1. The van der Waals surface area contributed by atoms with Gasteiger partial charge in [-0.15, -0.1) is 0 Å². The number of methoxy groups -OCH3 is 1. The molecule has 0 aromatic carbocycles. The van der Waals surface area contributed by atoms with Crippen LogP contribution in [0, 0.1) is 11.8 Å². The molecule has 1 fully saturated rings. The van der Waals surface area contributed by atoms with Gasteiger partial charge in [0.25, 0.3) is 0 Å². The highest BCUT2D eigenvalue weighted by Gasteiger charge is 2.22. The van der Waals surface area contributed by atoms with Crippen LogP contribution in [0.1, 0.15) is 39.5 Å². The summed E-state index contributed by atoms with van der Waals surface area (Å²) in [6.07, 6.45) is 5.24. The highest BCUT2D eigenvalue weighted by Crippen LogP contribution is 2.22. The summed E-state index contributed by atoms with van der Waals surface area (Å²) in [7, 11) is 1.46. The van der Waals surface area contributed by atoms with Gasteiger partial charge in [0.1, 0.15) is 0 Å². The first-order valence-corrected chi connectivity index (χ1v) is 6.47. The summed E-state index contributed by atoms with van der Waals surface area (Å²) in [4.78, 5) is 13.7. The average Bonchev–Trinajstić information content (AvgIpc) is 2.31. The molecule has 0 radical (unpaired) electrons. The third-order valence-corrected chi connectivity index (χ3v) is 3.54. The Hall–Kier alpha value is -0.570. The molecule has 0 bridgehead atoms. The number of carbonyl (C=O) groups is 1. The van der Waals surface area contributed by atoms with Crippen molar-refractivity contribution in [3.8, 4) is 0 Å². The number of rotatable bonds is 5. The number of hydrogen-bond donors (Lipinski definition) is 0. The Kier molecular flexibility index (Phi) is 5.81. The smallest absolute Gasteiger partial charge is 0.309 e. The summed E-state index contributed by atoms with van der Waals surface area (Å²) in [5.74, 6) is 0.832. The zero-order chi connectivity index (χ0) is 12.0. The zero-order valence-electron chi connectivity index (χ0n) is 10.9. The molecule has 1 rings (SSSR count). The van der Waals surface area contributed by atoms with E-state index < -0.39 is 0 Å². The van der Waals surface area contributed by atoms with Gasteiger partial charge in [0.15, 0.2) is 0 Å². The summed E-state index contributed by atoms with van der Waals surface area (Å²) in [5.41, 5.74) is 0. The minimum atomic E-state index is -0.0873. The van der Waals surface area contributed by atoms with Gasteiger partial charge in [-0.25, -0.2) is 0 Å². The molecule has 1 atom stereocenters. The summed E-state index contributed by atoms with van der Waals surface area (Å²) in [6, 6.07) is 0. The lowest BCUT2D eigenvalue weighted by atomic mass is 9.92. The molecule has 94 valence electrons. The number of piperidine rings is 1. The van der Waals surface area contributed by atoms with Crippen molar-refractivity contribution in [2.45, 2.75) is 39.5 Å². The third kappa shape index (κ3) is 4.12. The third-order valence-electron chi connectivity index (χ3n) is 3.54. The van der Waals surface area contributed by atoms with Crippen LogP contribution in [-0.4, -0.2) is 37.6 Å². The van der Waals surface area contributed by atoms with Gasteiger partial charge < -0.3 is 9.64 Å². The van der Waals surface area contributed by atoms with Gasteiger partial charge in [-0.2, -0.15) is 0 Å². The van der Waals surface area contributed by atoms with Crippen molar-refractivity contribution in [3.63, 3.8) is 0 Å². The van der Waals surface area contributed by atoms with Crippen LogP contribution in [0.5, 0.6) is 0 Å². The van der Waals surface area contributed by atoms with Gasteiger partial charge in [-0.1, -0.05) is 26.7 Å². The van der Waals surface area contributed by atoms with Crippen molar-refractivity contribution >= 4 is 5.97 Å². The van der Waals surface area contributed by atoms with Gasteiger partial charge in [-0.05, 0) is 31.8 Å². The Morgan fingerprint density at radius 1 is 1.44 bits per heavy atom. The molecule has 3 heteroatoms. The second-order valence-corrected chi connectivity index (χ2v) is 4.96. The number of hydrogen-bond acceptors (Lipinski definition) is 3. The molecule has 0 amide bonds. The van der Waals surface area contributed by atoms with Gasteiger partial charge in [0.05, 0.1) is 13.0 Å². The normalized spacial score (nSPS) is 20.7. The van der Waals surface area contributed by atoms with Crippen molar-refractivity contribution in [3.05, 3.63) is 0 Å². The molecule has 0 aromatic heterocycles. The second-order valence-electron chi connectivity index (χ2n) is 4.96. The predicted octanol–water partition coefficient (Wildman–Crippen LogP) is 2.31. The molecule has 1 heterocycles. The molecule has 0 spiro atoms. The maximum atomic E-state index is 11.3. The fourth-order valence-electron chi connectivity index (χ4n) is 2.53. The summed E-state index contributed by atoms with van der Waals surface area (Å²) in [5, 5.41) is 0. The molecule has 3 nitrogen and oxygen atoms in total. The maximum Gasteiger partial charge on any atom is 0.309 e. The van der Waals surface area contributed by atoms with E-state index in [2.05, 4.69) is 11.8 Å². The largest absolute Gasteiger partial charge is 0.469 e. The monoisotopic (exact) mass is 227 g/mol. The van der Waals surface area contributed by atoms with Crippen LogP contribution in [0.2, 0.25) is 0 Å². The fourth-order valence-corrected chi connectivity index (χ4v) is 2.53. The summed E-state index contributed by atoms with van der Waals surface area (Å²) in [6.45, 7) is 7.35. The SMILES string of the molecule is CCCC1CCN(C[C@@H](C)C(=O)OC)CC1. The zero-order valence-corrected chi connectivity index (χ0v) is 10.9. The predicted molar refractivity (Wildman–Crippen MR) is 65.3 cm³/mol. The van der Waals surface area contributed by atoms with Gasteiger partial charge in [0, 0.05) is 6.54 Å². The molecule has 1 aliphatic rings. The van der Waals surface area contributed by atoms with Crippen LogP contribution in [0.4, 0.5) is 0 Å². The standard InChI is InChI=1S/C13H25NO2/c1-4-5-12-6-8-14(9-7-12)10-11(2)13(15)16-3/h11-12H,4-10H2,1-3H3/t11-/m1/s1. The molecule has 0 unspecified atom stereocenters. The molecule has 16 heavy (non-hydrogen) atoms. The summed E-state index contributed by atoms with van der Waals surface area (Å²) >= 11 is 0. The van der Waals surface area contributed by atoms with Crippen LogP contribution in [0.15, 0.2) is 0 Å². The lowest BCUT2D eigenvalue weighted by Crippen LogP contribution is -2.38. The average molecular weight is 227 g/mol. The molecule has 0 N–H and O–H groups in total. The molecule has 0 aromatic rings. The fraction of sp³-hybridized carbons (Fsp3) is 0.923. The second kappa shape index (κ2) is 6.89. The van der Waals surface area contributed by atoms with E-state index in [9.17, 15) is 4.79 Å². The van der Waals surface area contributed by atoms with Crippen LogP contribution in [-0.2, 0) is 9.53 Å². The minimum Gasteiger partial charge on any atom is -0.469 e. The van der Waals surface area contributed by atoms with Crippen LogP contribution < -0.4 is 0 Å². The van der Waals surface area contributed by atoms with Crippen LogP contribution in [0.25, 0.3) is 0 Å². The molecule has 0 saturated carbocycles. The van der Waals surface area contributed by atoms with Crippen molar-refractivity contribution in [2.75, 3.05) is 26.7 Å². The highest BCUT2D eigenvalue weighted by molar-refractivity contribution is 5.72. The Bertz CT molecular complexity index is 210. The Morgan fingerprint density at radius 3 is 2.56 bits per heavy atom. The quantitative estimate of drug-likeness (QED) is 0.675. The number of carbonyl (C=O) groups excluding carboxylic acids is 1. The molecular weight excluding hydrogens is 202 g/mol. The molecule has 1 saturated heterocycles. The van der Waals surface area contributed by atoms with Gasteiger partial charge in [0.2, 0.25) is 0 Å². The van der Waals surface area contributed by atoms with Crippen LogP contribution in [0.3, 0.4) is 0 Å². The maximum absolute atomic E-state index is 11.3. The van der Waals surface area contributed by atoms with Crippen molar-refractivity contribution in [1.82, 2.24) is 4.90 Å². The number of nitrogens with zero attached hydrogens (tertiary/aromatic N) is 1. The first-order valence-electron chi connectivity index (χ1n) is 6.47. The topological polar surface area (TPSA) is 29.5 Å². The Morgan fingerprint density at radius 2 is 2.06 bits per heavy atom. The van der Waals surface area contributed by atoms with E-state index in [1.165, 1.54) is 32.8 Å². The molecule has 0 aliphatic carbocycles. The minimum absolute atomic E-state index is 0.00715. The first-order chi connectivity index (χ1) is 7.67. The number of esters is 1. The summed E-state index contributed by atoms with van der Waals surface area (Å²) < 4.78 is 4.75. The van der Waals surface area contributed by atoms with Crippen molar-refractivity contribution < 1.29 is 9.53 Å². The molecule has 1 aliphatic heterocycles. The van der Waals surface area contributed by atoms with Crippen LogP contribution >= 0.6 is 0 Å². The van der Waals surface area contributed by atoms with Gasteiger partial charge in [-0.3, -0.25) is 4.79 Å². The number of likely N-dealkylation sites (tertiary alicyclic amines) is 1. The van der Waals surface area contributed by atoms with E-state index in [0.29, 0.717) is 0 Å². The van der Waals surface area contributed by atoms with E-state index in [-0.39, 0.29) is 11.9 Å². The van der Waals surface area contributed by atoms with Gasteiger partial charge >= 0.3 is 5.97 Å².